The number of unbranched alkanes of at least 4 members (excludes halogenated alkanes) is 1. The third-order valence-electron chi connectivity index (χ3n) is 5.27. The SMILES string of the molecule is CCCCn1c(N)c(N(Cc2ccccc2)C(=O)CN(C)c2ccccc2)c(=O)[nH]c1=O. The summed E-state index contributed by atoms with van der Waals surface area (Å²) in [5.41, 5.74) is 6.76. The number of amides is 1. The molecule has 3 aromatic rings. The minimum Gasteiger partial charge on any atom is -0.383 e. The second kappa shape index (κ2) is 10.5. The molecule has 0 fully saturated rings. The number of aromatic amines is 1. The van der Waals surface area contributed by atoms with E-state index in [-0.39, 0.29) is 30.5 Å². The predicted molar refractivity (Wildman–Crippen MR) is 128 cm³/mol. The average Bonchev–Trinajstić information content (AvgIpc) is 2.79. The van der Waals surface area contributed by atoms with Gasteiger partial charge in [-0.1, -0.05) is 61.9 Å². The van der Waals surface area contributed by atoms with Gasteiger partial charge in [0.25, 0.3) is 5.56 Å². The van der Waals surface area contributed by atoms with Gasteiger partial charge in [-0.05, 0) is 24.1 Å². The number of benzene rings is 2. The summed E-state index contributed by atoms with van der Waals surface area (Å²) in [7, 11) is 1.81. The van der Waals surface area contributed by atoms with Gasteiger partial charge in [0.1, 0.15) is 5.82 Å². The second-order valence-electron chi connectivity index (χ2n) is 7.66. The first-order valence-corrected chi connectivity index (χ1v) is 10.7. The van der Waals surface area contributed by atoms with E-state index in [4.69, 9.17) is 5.73 Å². The summed E-state index contributed by atoms with van der Waals surface area (Å²) in [4.78, 5) is 44.1. The summed E-state index contributed by atoms with van der Waals surface area (Å²) in [5.74, 6) is -0.308. The molecule has 0 bridgehead atoms. The van der Waals surface area contributed by atoms with Crippen LogP contribution in [0.2, 0.25) is 0 Å². The van der Waals surface area contributed by atoms with Crippen molar-refractivity contribution in [3.05, 3.63) is 87.1 Å². The number of likely N-dealkylation sites (N-methyl/N-ethyl adjacent to an activating group) is 1. The number of para-hydroxylation sites is 1. The molecule has 0 aliphatic heterocycles. The van der Waals surface area contributed by atoms with Crippen LogP contribution < -0.4 is 26.8 Å². The van der Waals surface area contributed by atoms with Crippen molar-refractivity contribution in [2.45, 2.75) is 32.9 Å². The van der Waals surface area contributed by atoms with Crippen LogP contribution in [0.1, 0.15) is 25.3 Å². The molecule has 0 spiro atoms. The topological polar surface area (TPSA) is 104 Å². The number of carbonyl (C=O) groups excluding carboxylic acids is 1. The number of hydrogen-bond donors (Lipinski definition) is 2. The molecule has 0 aliphatic carbocycles. The third kappa shape index (κ3) is 5.26. The first-order valence-electron chi connectivity index (χ1n) is 10.7. The number of nitrogen functional groups attached to an aromatic ring is 1. The standard InChI is InChI=1S/C24H29N5O3/c1-3-4-15-28-22(25)21(23(31)26-24(28)32)29(16-18-11-7-5-8-12-18)20(30)17-27(2)19-13-9-6-10-14-19/h5-14H,3-4,15-17,25H2,1-2H3,(H,26,31,32). The molecule has 0 unspecified atom stereocenters. The van der Waals surface area contributed by atoms with Gasteiger partial charge in [-0.25, -0.2) is 4.79 Å². The van der Waals surface area contributed by atoms with Gasteiger partial charge in [0.2, 0.25) is 5.91 Å². The monoisotopic (exact) mass is 435 g/mol. The van der Waals surface area contributed by atoms with Crippen LogP contribution in [0.4, 0.5) is 17.2 Å². The fourth-order valence-corrected chi connectivity index (χ4v) is 3.50. The van der Waals surface area contributed by atoms with Crippen molar-refractivity contribution < 1.29 is 4.79 Å². The maximum atomic E-state index is 13.4. The minimum atomic E-state index is -0.674. The number of anilines is 3. The lowest BCUT2D eigenvalue weighted by atomic mass is 10.2. The number of rotatable bonds is 9. The van der Waals surface area contributed by atoms with Gasteiger partial charge in [-0.15, -0.1) is 0 Å². The molecule has 0 atom stereocenters. The van der Waals surface area contributed by atoms with E-state index in [0.29, 0.717) is 6.54 Å². The lowest BCUT2D eigenvalue weighted by Crippen LogP contribution is -2.44. The molecule has 8 heteroatoms. The molecule has 3 N–H and O–H groups in total. The largest absolute Gasteiger partial charge is 0.383 e. The maximum Gasteiger partial charge on any atom is 0.330 e. The Bertz CT molecular complexity index is 1160. The summed E-state index contributed by atoms with van der Waals surface area (Å²) in [5, 5.41) is 0. The van der Waals surface area contributed by atoms with Gasteiger partial charge < -0.3 is 10.6 Å². The Hall–Kier alpha value is -3.81. The van der Waals surface area contributed by atoms with Gasteiger partial charge in [-0.3, -0.25) is 24.0 Å². The highest BCUT2D eigenvalue weighted by atomic mass is 16.2. The molecule has 0 saturated carbocycles. The number of hydrogen-bond acceptors (Lipinski definition) is 5. The number of nitrogens with zero attached hydrogens (tertiary/aromatic N) is 3. The number of carbonyl (C=O) groups is 1. The van der Waals surface area contributed by atoms with Crippen molar-refractivity contribution in [2.24, 2.45) is 0 Å². The highest BCUT2D eigenvalue weighted by molar-refractivity contribution is 5.98. The number of nitrogens with two attached hydrogens (primary N) is 1. The number of nitrogens with one attached hydrogen (secondary N) is 1. The van der Waals surface area contributed by atoms with E-state index in [1.165, 1.54) is 9.47 Å². The van der Waals surface area contributed by atoms with E-state index in [0.717, 1.165) is 24.1 Å². The van der Waals surface area contributed by atoms with E-state index in [1.807, 2.05) is 74.6 Å². The molecule has 168 valence electrons. The molecular formula is C24H29N5O3. The highest BCUT2D eigenvalue weighted by Crippen LogP contribution is 2.21. The van der Waals surface area contributed by atoms with Crippen LogP contribution in [0.5, 0.6) is 0 Å². The van der Waals surface area contributed by atoms with Gasteiger partial charge >= 0.3 is 5.69 Å². The molecule has 2 aromatic carbocycles. The van der Waals surface area contributed by atoms with Crippen LogP contribution in [-0.2, 0) is 17.9 Å². The predicted octanol–water partition coefficient (Wildman–Crippen LogP) is 2.59. The molecule has 8 nitrogen and oxygen atoms in total. The van der Waals surface area contributed by atoms with Crippen LogP contribution in [0, 0.1) is 0 Å². The van der Waals surface area contributed by atoms with Gasteiger partial charge in [0.15, 0.2) is 5.69 Å². The molecule has 32 heavy (non-hydrogen) atoms. The summed E-state index contributed by atoms with van der Waals surface area (Å²) in [6.07, 6.45) is 1.58. The molecular weight excluding hydrogens is 406 g/mol. The Labute approximate surface area is 186 Å². The van der Waals surface area contributed by atoms with E-state index >= 15 is 0 Å². The molecule has 0 radical (unpaired) electrons. The zero-order valence-corrected chi connectivity index (χ0v) is 18.5. The zero-order valence-electron chi connectivity index (χ0n) is 18.5. The van der Waals surface area contributed by atoms with E-state index in [2.05, 4.69) is 4.98 Å². The van der Waals surface area contributed by atoms with E-state index in [1.54, 1.807) is 4.90 Å². The van der Waals surface area contributed by atoms with E-state index < -0.39 is 11.2 Å². The Morgan fingerprint density at radius 1 is 1.03 bits per heavy atom. The normalized spacial score (nSPS) is 10.7. The Morgan fingerprint density at radius 3 is 2.28 bits per heavy atom. The molecule has 3 rings (SSSR count). The third-order valence-corrected chi connectivity index (χ3v) is 5.27. The van der Waals surface area contributed by atoms with Crippen LogP contribution in [0.15, 0.2) is 70.3 Å². The smallest absolute Gasteiger partial charge is 0.330 e. The van der Waals surface area contributed by atoms with Crippen molar-refractivity contribution >= 4 is 23.1 Å². The minimum absolute atomic E-state index is 0.00107. The maximum absolute atomic E-state index is 13.4. The number of aromatic nitrogens is 2. The quantitative estimate of drug-likeness (QED) is 0.538. The number of H-pyrrole nitrogens is 1. The van der Waals surface area contributed by atoms with E-state index in [9.17, 15) is 14.4 Å². The summed E-state index contributed by atoms with van der Waals surface area (Å²) in [6, 6.07) is 18.9. The Balaban J connectivity index is 2.02. The first-order chi connectivity index (χ1) is 15.4. The Morgan fingerprint density at radius 2 is 1.66 bits per heavy atom. The lowest BCUT2D eigenvalue weighted by molar-refractivity contribution is -0.117. The van der Waals surface area contributed by atoms with Gasteiger partial charge in [0, 0.05) is 19.3 Å². The van der Waals surface area contributed by atoms with Crippen LogP contribution in [0.25, 0.3) is 0 Å². The van der Waals surface area contributed by atoms with Gasteiger partial charge in [-0.2, -0.15) is 0 Å². The van der Waals surface area contributed by atoms with Crippen molar-refractivity contribution in [3.8, 4) is 0 Å². The summed E-state index contributed by atoms with van der Waals surface area (Å²) in [6.45, 7) is 2.55. The summed E-state index contributed by atoms with van der Waals surface area (Å²) < 4.78 is 1.33. The van der Waals surface area contributed by atoms with Crippen molar-refractivity contribution in [3.63, 3.8) is 0 Å². The summed E-state index contributed by atoms with van der Waals surface area (Å²) >= 11 is 0. The molecule has 1 aromatic heterocycles. The van der Waals surface area contributed by atoms with Crippen LogP contribution in [0.3, 0.4) is 0 Å². The fraction of sp³-hybridized carbons (Fsp3) is 0.292. The molecule has 1 amide bonds. The first kappa shape index (κ1) is 22.9. The second-order valence-corrected chi connectivity index (χ2v) is 7.66. The molecule has 0 aliphatic rings. The highest BCUT2D eigenvalue weighted by Gasteiger charge is 2.25. The van der Waals surface area contributed by atoms with Crippen LogP contribution >= 0.6 is 0 Å². The average molecular weight is 436 g/mol. The van der Waals surface area contributed by atoms with Gasteiger partial charge in [0.05, 0.1) is 13.1 Å². The fourth-order valence-electron chi connectivity index (χ4n) is 3.50. The Kier molecular flexibility index (Phi) is 7.49. The van der Waals surface area contributed by atoms with Crippen molar-refractivity contribution in [1.29, 1.82) is 0 Å². The molecule has 1 heterocycles. The molecule has 0 saturated heterocycles. The lowest BCUT2D eigenvalue weighted by Gasteiger charge is -2.27. The van der Waals surface area contributed by atoms with Crippen molar-refractivity contribution in [2.75, 3.05) is 29.1 Å². The van der Waals surface area contributed by atoms with Crippen molar-refractivity contribution in [1.82, 2.24) is 9.55 Å². The zero-order chi connectivity index (χ0) is 23.1. The van der Waals surface area contributed by atoms with Crippen LogP contribution in [-0.4, -0.2) is 29.1 Å².